The van der Waals surface area contributed by atoms with Crippen molar-refractivity contribution >= 4 is 11.9 Å². The quantitative estimate of drug-likeness (QED) is 0.440. The number of aliphatic carboxylic acids is 2. The van der Waals surface area contributed by atoms with Crippen molar-refractivity contribution in [3.63, 3.8) is 0 Å². The second-order valence-corrected chi connectivity index (χ2v) is 1.34. The molecule has 0 saturated carbocycles. The molecule has 0 aliphatic heterocycles. The molecule has 1 N–H and O–H groups in total. The van der Waals surface area contributed by atoms with Crippen LogP contribution in [0.3, 0.4) is 0 Å². The summed E-state index contributed by atoms with van der Waals surface area (Å²) in [6, 6.07) is 0. The molecule has 1 atom stereocenters. The van der Waals surface area contributed by atoms with Crippen LogP contribution in [0.15, 0.2) is 0 Å². The molecule has 0 radical (unpaired) electrons. The summed E-state index contributed by atoms with van der Waals surface area (Å²) in [4.78, 5) is 20.3. The van der Waals surface area contributed by atoms with Crippen molar-refractivity contribution in [2.45, 2.75) is 18.9 Å². The largest absolute Gasteiger partial charge is 1.00 e. The third-order valence-electron chi connectivity index (χ3n) is 0.579. The van der Waals surface area contributed by atoms with Crippen LogP contribution in [0.25, 0.3) is 0 Å². The Morgan fingerprint density at radius 1 is 1.58 bits per heavy atom. The van der Waals surface area contributed by atoms with Crippen molar-refractivity contribution in [1.29, 1.82) is 1.43 Å². The number of aliphatic hydroxyl groups is 1. The van der Waals surface area contributed by atoms with Gasteiger partial charge in [-0.2, -0.15) is 0 Å². The number of carboxylic acid groups (broad SMARTS) is 2. The average molecular weight is 196 g/mol. The van der Waals surface area contributed by atoms with E-state index >= 15 is 0 Å². The van der Waals surface area contributed by atoms with Crippen LogP contribution >= 0.6 is 0 Å². The Bertz CT molecular complexity index is 263. The summed E-state index contributed by atoms with van der Waals surface area (Å²) in [5.74, 6) is -4.23. The van der Waals surface area contributed by atoms with E-state index in [-0.39, 0.29) is 59.1 Å². The number of carboxylic acids is 2. The maximum Gasteiger partial charge on any atom is 1.00 e. The Labute approximate surface area is 119 Å². The number of rotatable bonds is 5. The van der Waals surface area contributed by atoms with Crippen LogP contribution in [0.1, 0.15) is 16.9 Å². The molecule has 0 aliphatic rings. The zero-order chi connectivity index (χ0) is 11.6. The second-order valence-electron chi connectivity index (χ2n) is 1.34. The summed E-state index contributed by atoms with van der Waals surface area (Å²) in [6.45, 7) is 0. The molecule has 12 heavy (non-hydrogen) atoms. The number of carbonyl (C=O) groups is 2. The minimum absolute atomic E-state index is 0. The fraction of sp³-hybridized carbons (Fsp3) is 0.600. The summed E-state index contributed by atoms with van der Waals surface area (Å²) in [5.41, 5.74) is 0. The second kappa shape index (κ2) is 9.98. The smallest absolute Gasteiger partial charge is 0.550 e. The Balaban J connectivity index is -0.000000845. The molecule has 0 aliphatic carbocycles. The van der Waals surface area contributed by atoms with E-state index in [1.807, 2.05) is 0 Å². The van der Waals surface area contributed by atoms with Crippen LogP contribution in [0.2, 0.25) is 0 Å². The minimum atomic E-state index is -3.40. The molecule has 5 nitrogen and oxygen atoms in total. The molecule has 0 spiro atoms. The Morgan fingerprint density at radius 2 is 2.08 bits per heavy atom. The van der Waals surface area contributed by atoms with E-state index in [1.54, 1.807) is 0 Å². The van der Waals surface area contributed by atoms with Gasteiger partial charge in [0.2, 0.25) is 1.43 Å². The van der Waals surface area contributed by atoms with Gasteiger partial charge in [-0.25, -0.2) is 0 Å². The molecule has 0 amide bonds. The van der Waals surface area contributed by atoms with Crippen LogP contribution in [-0.2, 0) is 9.59 Å². The van der Waals surface area contributed by atoms with Gasteiger partial charge in [0, 0.05) is 8.71 Å². The maximum absolute atomic E-state index is 10.3. The molecule has 0 aromatic rings. The number of hydrogen-bond donors (Lipinski definition) is 1. The molecule has 0 rings (SSSR count). The number of carbonyl (C=O) groups excluding carboxylic acids is 2. The third-order valence-corrected chi connectivity index (χ3v) is 0.579. The van der Waals surface area contributed by atoms with E-state index in [4.69, 9.17) is 5.54 Å². The first-order valence-corrected chi connectivity index (χ1v) is 2.23. The predicted molar refractivity (Wildman–Crippen MR) is 25.3 cm³/mol. The SMILES string of the molecule is [2H]OC([2H])(C(=O)[O-])C([2H])([2H])CC(=O)[O-].[Na+].[Na+]. The first-order valence-electron chi connectivity index (χ1n) is 4.14. The molecule has 1 unspecified atom stereocenters. The predicted octanol–water partition coefficient (Wildman–Crippen LogP) is -9.36. The standard InChI is InChI=1S/C5H8O5.2Na/c6-3(5(9)10)1-2-4(7)8;;/h3,6H,1-2H2,(H,7,8)(H,9,10);;/q;2*+1/p-2/i1D2,3D,6D;;. The zero-order valence-electron chi connectivity index (χ0n) is 10.7. The van der Waals surface area contributed by atoms with Gasteiger partial charge in [-0.1, -0.05) is 0 Å². The van der Waals surface area contributed by atoms with E-state index in [0.717, 1.165) is 0 Å². The van der Waals surface area contributed by atoms with Gasteiger partial charge in [0.05, 0.1) is 13.4 Å². The van der Waals surface area contributed by atoms with Crippen molar-refractivity contribution in [3.05, 3.63) is 0 Å². The fourth-order valence-electron chi connectivity index (χ4n) is 0.225. The van der Waals surface area contributed by atoms with Crippen molar-refractivity contribution in [2.24, 2.45) is 0 Å². The first kappa shape index (κ1) is 9.45. The topological polar surface area (TPSA) is 100 Å². The van der Waals surface area contributed by atoms with Crippen LogP contribution in [0.5, 0.6) is 0 Å². The van der Waals surface area contributed by atoms with Gasteiger partial charge in [-0.15, -0.1) is 0 Å². The Kier molecular flexibility index (Phi) is 7.87. The Morgan fingerprint density at radius 3 is 2.33 bits per heavy atom. The summed E-state index contributed by atoms with van der Waals surface area (Å²) in [7, 11) is 0. The van der Waals surface area contributed by atoms with Crippen LogP contribution in [0.4, 0.5) is 0 Å². The molecule has 58 valence electrons. The normalized spacial score (nSPS) is 19.0. The summed E-state index contributed by atoms with van der Waals surface area (Å²) in [6.07, 6.45) is -7.90. The molecule has 0 saturated heterocycles. The van der Waals surface area contributed by atoms with Gasteiger partial charge in [0.1, 0.15) is 0 Å². The fourth-order valence-corrected chi connectivity index (χ4v) is 0.225. The molecule has 0 fully saturated rings. The van der Waals surface area contributed by atoms with Gasteiger partial charge < -0.3 is 24.9 Å². The number of hydrogen-bond acceptors (Lipinski definition) is 5. The van der Waals surface area contributed by atoms with E-state index in [2.05, 4.69) is 5.11 Å². The van der Waals surface area contributed by atoms with E-state index in [1.165, 1.54) is 0 Å². The molecule has 0 aromatic heterocycles. The summed E-state index contributed by atoms with van der Waals surface area (Å²) < 4.78 is 27.0. The first-order chi connectivity index (χ1) is 6.17. The van der Waals surface area contributed by atoms with E-state index in [9.17, 15) is 19.8 Å². The van der Waals surface area contributed by atoms with Gasteiger partial charge in [-0.05, 0) is 12.8 Å². The van der Waals surface area contributed by atoms with Gasteiger partial charge in [0.25, 0.3) is 0 Å². The van der Waals surface area contributed by atoms with Crippen molar-refractivity contribution in [3.8, 4) is 0 Å². The van der Waals surface area contributed by atoms with Gasteiger partial charge >= 0.3 is 59.1 Å². The van der Waals surface area contributed by atoms with E-state index < -0.39 is 30.8 Å². The van der Waals surface area contributed by atoms with E-state index in [0.29, 0.717) is 0 Å². The molecular weight excluding hydrogens is 186 g/mol. The Hall–Kier alpha value is 0.900. The summed E-state index contributed by atoms with van der Waals surface area (Å²) >= 11 is 0. The van der Waals surface area contributed by atoms with Crippen molar-refractivity contribution in [2.75, 3.05) is 0 Å². The molecule has 0 heterocycles. The van der Waals surface area contributed by atoms with Gasteiger partial charge in [0.15, 0.2) is 0 Å². The molecule has 0 bridgehead atoms. The van der Waals surface area contributed by atoms with Crippen LogP contribution in [-0.4, -0.2) is 24.6 Å². The average Bonchev–Trinajstić information content (AvgIpc) is 1.99. The molecule has 0 aromatic carbocycles. The maximum atomic E-state index is 10.3. The molecule has 7 heteroatoms. The monoisotopic (exact) mass is 196 g/mol. The third kappa shape index (κ3) is 10.9. The summed E-state index contributed by atoms with van der Waals surface area (Å²) in [5, 5.41) is 23.7. The van der Waals surface area contributed by atoms with Gasteiger partial charge in [-0.3, -0.25) is 0 Å². The zero-order valence-corrected chi connectivity index (χ0v) is 10.7. The van der Waals surface area contributed by atoms with Crippen molar-refractivity contribution in [1.82, 2.24) is 0 Å². The van der Waals surface area contributed by atoms with Crippen molar-refractivity contribution < 1.29 is 88.1 Å². The van der Waals surface area contributed by atoms with Crippen LogP contribution in [0, 0.1) is 0 Å². The molecular formula is C5H6Na2O5. The van der Waals surface area contributed by atoms with Crippen LogP contribution < -0.4 is 69.3 Å². The minimum Gasteiger partial charge on any atom is -0.550 e.